The van der Waals surface area contributed by atoms with Crippen molar-refractivity contribution < 1.29 is 14.3 Å². The van der Waals surface area contributed by atoms with Crippen molar-refractivity contribution >= 4 is 29.1 Å². The number of carbonyl (C=O) groups is 1. The van der Waals surface area contributed by atoms with E-state index in [1.807, 2.05) is 13.8 Å². The fraction of sp³-hybridized carbons (Fsp3) is 0.533. The van der Waals surface area contributed by atoms with Crippen LogP contribution in [0.25, 0.3) is 0 Å². The van der Waals surface area contributed by atoms with Crippen LogP contribution >= 0.6 is 23.2 Å². The Bertz CT molecular complexity index is 516. The van der Waals surface area contributed by atoms with Crippen LogP contribution in [0.15, 0.2) is 18.2 Å². The highest BCUT2D eigenvalue weighted by atomic mass is 35.5. The maximum atomic E-state index is 12.1. The SMILES string of the molecule is CC(CNC(=O)c1ccc(Cl)c(Cl)c1)CC1(C)OCCO1. The van der Waals surface area contributed by atoms with Crippen molar-refractivity contribution in [1.29, 1.82) is 0 Å². The molecule has 1 heterocycles. The van der Waals surface area contributed by atoms with Crippen molar-refractivity contribution in [2.24, 2.45) is 5.92 Å². The highest BCUT2D eigenvalue weighted by Gasteiger charge is 2.32. The molecule has 0 saturated carbocycles. The number of rotatable bonds is 5. The largest absolute Gasteiger partial charge is 0.352 e. The molecule has 1 aliphatic heterocycles. The van der Waals surface area contributed by atoms with Gasteiger partial charge in [0.2, 0.25) is 0 Å². The van der Waals surface area contributed by atoms with E-state index in [0.717, 1.165) is 6.42 Å². The number of amides is 1. The van der Waals surface area contributed by atoms with E-state index in [-0.39, 0.29) is 11.8 Å². The summed E-state index contributed by atoms with van der Waals surface area (Å²) in [5.74, 6) is -0.466. The molecule has 1 amide bonds. The van der Waals surface area contributed by atoms with E-state index in [4.69, 9.17) is 32.7 Å². The minimum absolute atomic E-state index is 0.168. The summed E-state index contributed by atoms with van der Waals surface area (Å²) in [5.41, 5.74) is 0.496. The van der Waals surface area contributed by atoms with Gasteiger partial charge in [-0.25, -0.2) is 0 Å². The molecule has 1 fully saturated rings. The molecule has 0 radical (unpaired) electrons. The quantitative estimate of drug-likeness (QED) is 0.898. The van der Waals surface area contributed by atoms with Crippen LogP contribution in [0.1, 0.15) is 30.6 Å². The summed E-state index contributed by atoms with van der Waals surface area (Å²) in [6, 6.07) is 4.83. The fourth-order valence-electron chi connectivity index (χ4n) is 2.39. The molecule has 1 aromatic rings. The summed E-state index contributed by atoms with van der Waals surface area (Å²) >= 11 is 11.7. The van der Waals surface area contributed by atoms with Gasteiger partial charge < -0.3 is 14.8 Å². The third kappa shape index (κ3) is 4.58. The predicted molar refractivity (Wildman–Crippen MR) is 82.9 cm³/mol. The van der Waals surface area contributed by atoms with E-state index in [1.54, 1.807) is 18.2 Å². The Balaban J connectivity index is 1.84. The molecule has 21 heavy (non-hydrogen) atoms. The molecule has 1 atom stereocenters. The lowest BCUT2D eigenvalue weighted by Gasteiger charge is -2.26. The second-order valence-electron chi connectivity index (χ2n) is 5.48. The number of ether oxygens (including phenoxy) is 2. The van der Waals surface area contributed by atoms with Crippen molar-refractivity contribution in [3.63, 3.8) is 0 Å². The molecule has 6 heteroatoms. The first-order valence-corrected chi connectivity index (χ1v) is 7.66. The van der Waals surface area contributed by atoms with Crippen LogP contribution in [0.4, 0.5) is 0 Å². The van der Waals surface area contributed by atoms with Crippen molar-refractivity contribution in [3.05, 3.63) is 33.8 Å². The summed E-state index contributed by atoms with van der Waals surface area (Å²) in [7, 11) is 0. The lowest BCUT2D eigenvalue weighted by molar-refractivity contribution is -0.153. The number of halogens is 2. The third-order valence-electron chi connectivity index (χ3n) is 3.41. The zero-order valence-electron chi connectivity index (χ0n) is 12.1. The molecule has 2 rings (SSSR count). The Labute approximate surface area is 134 Å². The summed E-state index contributed by atoms with van der Waals surface area (Å²) in [4.78, 5) is 12.1. The lowest BCUT2D eigenvalue weighted by atomic mass is 10.0. The number of carbonyl (C=O) groups excluding carboxylic acids is 1. The first-order valence-electron chi connectivity index (χ1n) is 6.91. The van der Waals surface area contributed by atoms with Crippen molar-refractivity contribution in [2.45, 2.75) is 26.1 Å². The van der Waals surface area contributed by atoms with E-state index >= 15 is 0 Å². The van der Waals surface area contributed by atoms with Gasteiger partial charge in [-0.05, 0) is 31.0 Å². The van der Waals surface area contributed by atoms with Crippen LogP contribution in [-0.2, 0) is 9.47 Å². The van der Waals surface area contributed by atoms with Gasteiger partial charge in [-0.3, -0.25) is 4.79 Å². The zero-order chi connectivity index (χ0) is 15.5. The Kier molecular flexibility index (Phi) is 5.49. The van der Waals surface area contributed by atoms with Gasteiger partial charge in [-0.1, -0.05) is 30.1 Å². The van der Waals surface area contributed by atoms with E-state index in [2.05, 4.69) is 5.32 Å². The van der Waals surface area contributed by atoms with E-state index in [9.17, 15) is 4.79 Å². The third-order valence-corrected chi connectivity index (χ3v) is 4.15. The van der Waals surface area contributed by atoms with Gasteiger partial charge in [0.25, 0.3) is 5.91 Å². The van der Waals surface area contributed by atoms with Crippen LogP contribution < -0.4 is 5.32 Å². The molecule has 1 saturated heterocycles. The summed E-state index contributed by atoms with van der Waals surface area (Å²) in [5, 5.41) is 3.69. The van der Waals surface area contributed by atoms with E-state index < -0.39 is 5.79 Å². The number of hydrogen-bond donors (Lipinski definition) is 1. The molecule has 1 aliphatic rings. The monoisotopic (exact) mass is 331 g/mol. The Morgan fingerprint density at radius 2 is 2.00 bits per heavy atom. The second kappa shape index (κ2) is 6.97. The maximum absolute atomic E-state index is 12.1. The van der Waals surface area contributed by atoms with Gasteiger partial charge >= 0.3 is 0 Å². The number of benzene rings is 1. The van der Waals surface area contributed by atoms with Crippen molar-refractivity contribution in [3.8, 4) is 0 Å². The van der Waals surface area contributed by atoms with Crippen LogP contribution in [0.2, 0.25) is 10.0 Å². The van der Waals surface area contributed by atoms with Gasteiger partial charge in [0, 0.05) is 18.5 Å². The highest BCUT2D eigenvalue weighted by Crippen LogP contribution is 2.26. The Hall–Kier alpha value is -0.810. The maximum Gasteiger partial charge on any atom is 0.251 e. The first kappa shape index (κ1) is 16.6. The van der Waals surface area contributed by atoms with Crippen molar-refractivity contribution in [2.75, 3.05) is 19.8 Å². The van der Waals surface area contributed by atoms with Gasteiger partial charge in [-0.2, -0.15) is 0 Å². The van der Waals surface area contributed by atoms with Gasteiger partial charge in [-0.15, -0.1) is 0 Å². The van der Waals surface area contributed by atoms with Gasteiger partial charge in [0.15, 0.2) is 5.79 Å². The summed E-state index contributed by atoms with van der Waals surface area (Å²) < 4.78 is 11.1. The number of nitrogens with one attached hydrogen (secondary N) is 1. The average molecular weight is 332 g/mol. The minimum atomic E-state index is -0.534. The lowest BCUT2D eigenvalue weighted by Crippen LogP contribution is -2.34. The topological polar surface area (TPSA) is 47.6 Å². The molecule has 1 aromatic carbocycles. The van der Waals surface area contributed by atoms with Crippen molar-refractivity contribution in [1.82, 2.24) is 5.32 Å². The molecule has 1 unspecified atom stereocenters. The summed E-state index contributed by atoms with van der Waals surface area (Å²) in [6.07, 6.45) is 0.731. The molecule has 116 valence electrons. The average Bonchev–Trinajstić information content (AvgIpc) is 2.85. The molecule has 0 bridgehead atoms. The molecular weight excluding hydrogens is 313 g/mol. The molecule has 1 N–H and O–H groups in total. The minimum Gasteiger partial charge on any atom is -0.352 e. The zero-order valence-corrected chi connectivity index (χ0v) is 13.6. The van der Waals surface area contributed by atoms with Crippen LogP contribution in [0.3, 0.4) is 0 Å². The normalized spacial score (nSPS) is 18.5. The van der Waals surface area contributed by atoms with Crippen LogP contribution in [0, 0.1) is 5.92 Å². The van der Waals surface area contributed by atoms with E-state index in [0.29, 0.717) is 35.4 Å². The fourth-order valence-corrected chi connectivity index (χ4v) is 2.68. The predicted octanol–water partition coefficient (Wildman–Crippen LogP) is 3.51. The molecular formula is C15H19Cl2NO3. The Morgan fingerprint density at radius 3 is 2.62 bits per heavy atom. The van der Waals surface area contributed by atoms with Crippen LogP contribution in [-0.4, -0.2) is 31.5 Å². The number of hydrogen-bond acceptors (Lipinski definition) is 3. The Morgan fingerprint density at radius 1 is 1.33 bits per heavy atom. The smallest absolute Gasteiger partial charge is 0.251 e. The molecule has 0 spiro atoms. The summed E-state index contributed by atoms with van der Waals surface area (Å²) in [6.45, 7) is 5.77. The van der Waals surface area contributed by atoms with Crippen LogP contribution in [0.5, 0.6) is 0 Å². The standard InChI is InChI=1S/C15H19Cl2NO3/c1-10(8-15(2)20-5-6-21-15)9-18-14(19)11-3-4-12(16)13(17)7-11/h3-4,7,10H,5-6,8-9H2,1-2H3,(H,18,19). The second-order valence-corrected chi connectivity index (χ2v) is 6.29. The van der Waals surface area contributed by atoms with E-state index in [1.165, 1.54) is 0 Å². The molecule has 4 nitrogen and oxygen atoms in total. The first-order chi connectivity index (χ1) is 9.89. The van der Waals surface area contributed by atoms with Gasteiger partial charge in [0.05, 0.1) is 23.3 Å². The molecule has 0 aliphatic carbocycles. The highest BCUT2D eigenvalue weighted by molar-refractivity contribution is 6.42. The van der Waals surface area contributed by atoms with Gasteiger partial charge in [0.1, 0.15) is 0 Å². The molecule has 0 aromatic heterocycles.